The molecule has 112 valence electrons. The molecule has 1 unspecified atom stereocenters. The quantitative estimate of drug-likeness (QED) is 0.886. The zero-order chi connectivity index (χ0) is 14.9. The average molecular weight is 325 g/mol. The molecule has 2 aromatic heterocycles. The largest absolute Gasteiger partial charge is 0.350 e. The zero-order valence-corrected chi connectivity index (χ0v) is 12.8. The van der Waals surface area contributed by atoms with Crippen LogP contribution in [0.15, 0.2) is 23.6 Å². The third kappa shape index (κ3) is 3.33. The average Bonchev–Trinajstić information content (AvgIpc) is 3.15. The van der Waals surface area contributed by atoms with Crippen molar-refractivity contribution in [3.63, 3.8) is 0 Å². The molecule has 1 fully saturated rings. The van der Waals surface area contributed by atoms with Crippen LogP contribution in [0.2, 0.25) is 0 Å². The Balaban J connectivity index is 1.59. The van der Waals surface area contributed by atoms with Crippen LogP contribution in [0, 0.1) is 5.92 Å². The summed E-state index contributed by atoms with van der Waals surface area (Å²) in [4.78, 5) is 13.0. The lowest BCUT2D eigenvalue weighted by Crippen LogP contribution is -2.30. The van der Waals surface area contributed by atoms with Crippen LogP contribution in [0.25, 0.3) is 10.6 Å². The summed E-state index contributed by atoms with van der Waals surface area (Å²) in [6.07, 6.45) is 0.615. The number of carbonyl (C=O) groups excluding carboxylic acids is 1. The summed E-state index contributed by atoms with van der Waals surface area (Å²) in [6, 6.07) is 5.58. The number of hydrogen-bond donors (Lipinski definition) is 2. The molecule has 1 saturated heterocycles. The lowest BCUT2D eigenvalue weighted by molar-refractivity contribution is 0.0943. The van der Waals surface area contributed by atoms with Gasteiger partial charge in [-0.25, -0.2) is 8.42 Å². The van der Waals surface area contributed by atoms with Gasteiger partial charge in [-0.2, -0.15) is 5.10 Å². The van der Waals surface area contributed by atoms with Gasteiger partial charge in [-0.1, -0.05) is 6.07 Å². The summed E-state index contributed by atoms with van der Waals surface area (Å²) >= 11 is 1.56. The molecule has 3 heterocycles. The summed E-state index contributed by atoms with van der Waals surface area (Å²) in [5, 5.41) is 11.5. The molecule has 0 spiro atoms. The number of nitrogens with zero attached hydrogens (tertiary/aromatic N) is 1. The molecule has 1 atom stereocenters. The lowest BCUT2D eigenvalue weighted by atomic mass is 10.1. The minimum Gasteiger partial charge on any atom is -0.350 e. The van der Waals surface area contributed by atoms with Crippen molar-refractivity contribution in [3.05, 3.63) is 29.3 Å². The number of carbonyl (C=O) groups is 1. The molecule has 6 nitrogen and oxygen atoms in total. The van der Waals surface area contributed by atoms with Gasteiger partial charge >= 0.3 is 0 Å². The molecule has 2 aromatic rings. The Hall–Kier alpha value is -1.67. The fourth-order valence-corrected chi connectivity index (χ4v) is 4.91. The Morgan fingerprint density at radius 2 is 2.38 bits per heavy atom. The van der Waals surface area contributed by atoms with E-state index in [9.17, 15) is 13.2 Å². The number of amides is 1. The molecule has 2 N–H and O–H groups in total. The molecule has 0 bridgehead atoms. The fraction of sp³-hybridized carbons (Fsp3) is 0.385. The summed E-state index contributed by atoms with van der Waals surface area (Å²) in [5.41, 5.74) is 1.12. The minimum atomic E-state index is -2.91. The predicted molar refractivity (Wildman–Crippen MR) is 81.0 cm³/mol. The standard InChI is InChI=1S/C13H15N3O3S2/c17-13(14-7-9-3-5-21(18,19)8-9)11-6-10(15-16-11)12-2-1-4-20-12/h1-2,4,6,9H,3,5,7-8H2,(H,14,17)(H,15,16). The normalized spacial score (nSPS) is 20.5. The number of rotatable bonds is 4. The van der Waals surface area contributed by atoms with Crippen molar-refractivity contribution in [2.24, 2.45) is 5.92 Å². The molecule has 0 saturated carbocycles. The summed E-state index contributed by atoms with van der Waals surface area (Å²) in [6.45, 7) is 0.374. The lowest BCUT2D eigenvalue weighted by Gasteiger charge is -2.07. The Morgan fingerprint density at radius 3 is 3.05 bits per heavy atom. The Bertz CT molecular complexity index is 735. The Labute approximate surface area is 126 Å². The maximum absolute atomic E-state index is 12.0. The molecule has 21 heavy (non-hydrogen) atoms. The van der Waals surface area contributed by atoms with E-state index in [4.69, 9.17) is 0 Å². The second kappa shape index (κ2) is 5.61. The van der Waals surface area contributed by atoms with E-state index in [1.165, 1.54) is 0 Å². The monoisotopic (exact) mass is 325 g/mol. The molecule has 0 aromatic carbocycles. The number of sulfone groups is 1. The van der Waals surface area contributed by atoms with Gasteiger partial charge in [0.2, 0.25) is 0 Å². The third-order valence-electron chi connectivity index (χ3n) is 3.48. The zero-order valence-electron chi connectivity index (χ0n) is 11.2. The van der Waals surface area contributed by atoms with Crippen LogP contribution >= 0.6 is 11.3 Å². The molecule has 1 amide bonds. The minimum absolute atomic E-state index is 0.00894. The van der Waals surface area contributed by atoms with Gasteiger partial charge in [0, 0.05) is 6.54 Å². The van der Waals surface area contributed by atoms with Gasteiger partial charge in [0.15, 0.2) is 15.5 Å². The van der Waals surface area contributed by atoms with E-state index in [0.29, 0.717) is 18.7 Å². The van der Waals surface area contributed by atoms with E-state index in [1.54, 1.807) is 17.4 Å². The number of thiophene rings is 1. The van der Waals surface area contributed by atoms with Gasteiger partial charge in [-0.3, -0.25) is 9.89 Å². The van der Waals surface area contributed by atoms with Gasteiger partial charge in [-0.15, -0.1) is 11.3 Å². The van der Waals surface area contributed by atoms with Crippen molar-refractivity contribution in [2.45, 2.75) is 6.42 Å². The second-order valence-corrected chi connectivity index (χ2v) is 8.30. The maximum Gasteiger partial charge on any atom is 0.271 e. The van der Waals surface area contributed by atoms with Gasteiger partial charge in [-0.05, 0) is 29.9 Å². The number of hydrogen-bond acceptors (Lipinski definition) is 5. The first kappa shape index (κ1) is 14.3. The summed E-state index contributed by atoms with van der Waals surface area (Å²) in [5.74, 6) is 0.111. The first-order chi connectivity index (χ1) is 10.0. The van der Waals surface area contributed by atoms with Crippen LogP contribution in [0.4, 0.5) is 0 Å². The third-order valence-corrected chi connectivity index (χ3v) is 6.22. The number of aromatic amines is 1. The van der Waals surface area contributed by atoms with Crippen molar-refractivity contribution in [2.75, 3.05) is 18.1 Å². The van der Waals surface area contributed by atoms with Crippen LogP contribution in [-0.2, 0) is 9.84 Å². The molecule has 8 heteroatoms. The molecule has 3 rings (SSSR count). The van der Waals surface area contributed by atoms with E-state index in [0.717, 1.165) is 10.6 Å². The first-order valence-corrected chi connectivity index (χ1v) is 9.31. The van der Waals surface area contributed by atoms with Gasteiger partial charge in [0.1, 0.15) is 0 Å². The number of nitrogens with one attached hydrogen (secondary N) is 2. The molecule has 1 aliphatic rings. The van der Waals surface area contributed by atoms with E-state index in [1.807, 2.05) is 17.5 Å². The maximum atomic E-state index is 12.0. The molecular weight excluding hydrogens is 310 g/mol. The van der Waals surface area contributed by atoms with E-state index >= 15 is 0 Å². The van der Waals surface area contributed by atoms with Crippen LogP contribution < -0.4 is 5.32 Å². The van der Waals surface area contributed by atoms with Crippen molar-refractivity contribution in [1.29, 1.82) is 0 Å². The molecule has 0 radical (unpaired) electrons. The van der Waals surface area contributed by atoms with E-state index < -0.39 is 9.84 Å². The van der Waals surface area contributed by atoms with Gasteiger partial charge < -0.3 is 5.32 Å². The Kier molecular flexibility index (Phi) is 3.81. The number of aromatic nitrogens is 2. The topological polar surface area (TPSA) is 91.9 Å². The highest BCUT2D eigenvalue weighted by atomic mass is 32.2. The molecule has 1 aliphatic heterocycles. The highest BCUT2D eigenvalue weighted by molar-refractivity contribution is 7.91. The van der Waals surface area contributed by atoms with Gasteiger partial charge in [0.25, 0.3) is 5.91 Å². The highest BCUT2D eigenvalue weighted by Crippen LogP contribution is 2.23. The molecule has 0 aliphatic carbocycles. The van der Waals surface area contributed by atoms with Crippen molar-refractivity contribution < 1.29 is 13.2 Å². The summed E-state index contributed by atoms with van der Waals surface area (Å²) in [7, 11) is -2.91. The first-order valence-electron chi connectivity index (χ1n) is 6.61. The van der Waals surface area contributed by atoms with Crippen molar-refractivity contribution in [1.82, 2.24) is 15.5 Å². The van der Waals surface area contributed by atoms with Crippen LogP contribution in [0.3, 0.4) is 0 Å². The van der Waals surface area contributed by atoms with Crippen LogP contribution in [0.5, 0.6) is 0 Å². The van der Waals surface area contributed by atoms with Gasteiger partial charge in [0.05, 0.1) is 22.1 Å². The van der Waals surface area contributed by atoms with Crippen molar-refractivity contribution in [3.8, 4) is 10.6 Å². The number of H-pyrrole nitrogens is 1. The fourth-order valence-electron chi connectivity index (χ4n) is 2.36. The van der Waals surface area contributed by atoms with E-state index in [-0.39, 0.29) is 23.3 Å². The van der Waals surface area contributed by atoms with Crippen LogP contribution in [0.1, 0.15) is 16.9 Å². The van der Waals surface area contributed by atoms with Crippen LogP contribution in [-0.4, -0.2) is 42.6 Å². The summed E-state index contributed by atoms with van der Waals surface area (Å²) < 4.78 is 22.7. The Morgan fingerprint density at radius 1 is 1.52 bits per heavy atom. The smallest absolute Gasteiger partial charge is 0.271 e. The second-order valence-electron chi connectivity index (χ2n) is 5.12. The van der Waals surface area contributed by atoms with Crippen molar-refractivity contribution >= 4 is 27.1 Å². The highest BCUT2D eigenvalue weighted by Gasteiger charge is 2.28. The predicted octanol–water partition coefficient (Wildman–Crippen LogP) is 1.30. The molecular formula is C13H15N3O3S2. The SMILES string of the molecule is O=C(NCC1CCS(=O)(=O)C1)c1cc(-c2cccs2)[nH]n1. The van der Waals surface area contributed by atoms with E-state index in [2.05, 4.69) is 15.5 Å².